The highest BCUT2D eigenvalue weighted by Gasteiger charge is 2.17. The van der Waals surface area contributed by atoms with Crippen molar-refractivity contribution >= 4 is 16.8 Å². The molecule has 2 aromatic carbocycles. The lowest BCUT2D eigenvalue weighted by molar-refractivity contribution is 0.0946. The maximum atomic E-state index is 13.5. The Morgan fingerprint density at radius 3 is 2.89 bits per heavy atom. The van der Waals surface area contributed by atoms with E-state index in [0.29, 0.717) is 30.0 Å². The van der Waals surface area contributed by atoms with Crippen molar-refractivity contribution in [1.82, 2.24) is 15.1 Å². The SMILES string of the molecule is Cn1nc(C(=O)NCCc2ccc3c(c2)OCO3)c(=O)c2cc(F)ccc21. The summed E-state index contributed by atoms with van der Waals surface area (Å²) in [6, 6.07) is 9.37. The molecular formula is C19H16FN3O4. The first-order chi connectivity index (χ1) is 13.0. The number of nitrogens with one attached hydrogen (secondary N) is 1. The van der Waals surface area contributed by atoms with Crippen LogP contribution >= 0.6 is 0 Å². The highest BCUT2D eigenvalue weighted by molar-refractivity contribution is 5.95. The van der Waals surface area contributed by atoms with Gasteiger partial charge in [0.2, 0.25) is 12.2 Å². The normalized spacial score (nSPS) is 12.4. The zero-order valence-electron chi connectivity index (χ0n) is 14.5. The van der Waals surface area contributed by atoms with Crippen LogP contribution in [0.1, 0.15) is 16.1 Å². The number of ether oxygens (including phenoxy) is 2. The highest BCUT2D eigenvalue weighted by Crippen LogP contribution is 2.32. The molecule has 2 heterocycles. The minimum atomic E-state index is -0.595. The van der Waals surface area contributed by atoms with E-state index in [-0.39, 0.29) is 17.9 Å². The van der Waals surface area contributed by atoms with Crippen LogP contribution < -0.4 is 20.2 Å². The molecule has 0 spiro atoms. The number of fused-ring (bicyclic) bond motifs is 2. The predicted octanol–water partition coefficient (Wildman–Crippen LogP) is 1.77. The molecule has 0 saturated carbocycles. The summed E-state index contributed by atoms with van der Waals surface area (Å²) >= 11 is 0. The molecule has 27 heavy (non-hydrogen) atoms. The number of amides is 1. The summed E-state index contributed by atoms with van der Waals surface area (Å²) < 4.78 is 25.4. The van der Waals surface area contributed by atoms with Crippen molar-refractivity contribution in [2.75, 3.05) is 13.3 Å². The van der Waals surface area contributed by atoms with Crippen molar-refractivity contribution < 1.29 is 18.7 Å². The Morgan fingerprint density at radius 2 is 2.04 bits per heavy atom. The van der Waals surface area contributed by atoms with Gasteiger partial charge in [-0.2, -0.15) is 5.10 Å². The summed E-state index contributed by atoms with van der Waals surface area (Å²) in [7, 11) is 1.60. The van der Waals surface area contributed by atoms with Gasteiger partial charge in [-0.1, -0.05) is 6.07 Å². The molecule has 1 aliphatic heterocycles. The maximum Gasteiger partial charge on any atom is 0.275 e. The number of aryl methyl sites for hydroxylation is 1. The van der Waals surface area contributed by atoms with Crippen LogP contribution in [-0.2, 0) is 13.5 Å². The van der Waals surface area contributed by atoms with Crippen LogP contribution in [0, 0.1) is 5.82 Å². The minimum Gasteiger partial charge on any atom is -0.454 e. The molecule has 0 bridgehead atoms. The van der Waals surface area contributed by atoms with Gasteiger partial charge in [0.15, 0.2) is 17.2 Å². The van der Waals surface area contributed by atoms with Crippen LogP contribution in [-0.4, -0.2) is 29.0 Å². The largest absolute Gasteiger partial charge is 0.454 e. The van der Waals surface area contributed by atoms with E-state index in [0.717, 1.165) is 11.6 Å². The number of hydrogen-bond donors (Lipinski definition) is 1. The Kier molecular flexibility index (Phi) is 4.23. The molecule has 0 aliphatic carbocycles. The van der Waals surface area contributed by atoms with Crippen LogP contribution in [0.3, 0.4) is 0 Å². The van der Waals surface area contributed by atoms with E-state index in [4.69, 9.17) is 9.47 Å². The monoisotopic (exact) mass is 369 g/mol. The molecule has 0 fully saturated rings. The van der Waals surface area contributed by atoms with E-state index < -0.39 is 17.2 Å². The van der Waals surface area contributed by atoms with Gasteiger partial charge in [0.1, 0.15) is 5.82 Å². The van der Waals surface area contributed by atoms with E-state index >= 15 is 0 Å². The standard InChI is InChI=1S/C19H16FN3O4/c1-23-14-4-3-12(20)9-13(14)18(24)17(22-23)19(25)21-7-6-11-2-5-15-16(8-11)27-10-26-15/h2-5,8-9H,6-7,10H2,1H3,(H,21,25). The number of hydrogen-bond acceptors (Lipinski definition) is 5. The number of carbonyl (C=O) groups is 1. The fourth-order valence-electron chi connectivity index (χ4n) is 3.00. The van der Waals surface area contributed by atoms with E-state index in [9.17, 15) is 14.0 Å². The van der Waals surface area contributed by atoms with Crippen LogP contribution in [0.15, 0.2) is 41.2 Å². The van der Waals surface area contributed by atoms with Crippen molar-refractivity contribution in [1.29, 1.82) is 0 Å². The average Bonchev–Trinajstić information content (AvgIpc) is 3.12. The molecule has 7 nitrogen and oxygen atoms in total. The summed E-state index contributed by atoms with van der Waals surface area (Å²) in [6.07, 6.45) is 0.547. The first-order valence-corrected chi connectivity index (χ1v) is 8.36. The second kappa shape index (κ2) is 6.71. The van der Waals surface area contributed by atoms with Gasteiger partial charge in [-0.25, -0.2) is 4.39 Å². The Hall–Kier alpha value is -3.42. The van der Waals surface area contributed by atoms with Gasteiger partial charge in [0.25, 0.3) is 5.91 Å². The Bertz CT molecular complexity index is 1110. The third kappa shape index (κ3) is 3.21. The quantitative estimate of drug-likeness (QED) is 0.758. The van der Waals surface area contributed by atoms with Gasteiger partial charge >= 0.3 is 0 Å². The van der Waals surface area contributed by atoms with E-state index in [2.05, 4.69) is 10.4 Å². The van der Waals surface area contributed by atoms with Gasteiger partial charge in [-0.15, -0.1) is 0 Å². The van der Waals surface area contributed by atoms with Crippen LogP contribution in [0.5, 0.6) is 11.5 Å². The Morgan fingerprint density at radius 1 is 1.22 bits per heavy atom. The molecule has 1 aromatic heterocycles. The van der Waals surface area contributed by atoms with Crippen LogP contribution in [0.2, 0.25) is 0 Å². The minimum absolute atomic E-state index is 0.119. The molecule has 0 atom stereocenters. The highest BCUT2D eigenvalue weighted by atomic mass is 19.1. The molecule has 4 rings (SSSR count). The summed E-state index contributed by atoms with van der Waals surface area (Å²) in [5, 5.41) is 6.84. The van der Waals surface area contributed by atoms with Gasteiger partial charge in [-0.3, -0.25) is 14.3 Å². The second-order valence-electron chi connectivity index (χ2n) is 6.16. The molecule has 1 N–H and O–H groups in total. The first-order valence-electron chi connectivity index (χ1n) is 8.36. The zero-order chi connectivity index (χ0) is 19.0. The molecule has 1 amide bonds. The molecule has 0 saturated heterocycles. The molecule has 138 valence electrons. The molecular weight excluding hydrogens is 353 g/mol. The third-order valence-corrected chi connectivity index (χ3v) is 4.37. The van der Waals surface area contributed by atoms with E-state index in [1.165, 1.54) is 16.8 Å². The summed E-state index contributed by atoms with van der Waals surface area (Å²) in [5.41, 5.74) is 0.559. The third-order valence-electron chi connectivity index (χ3n) is 4.37. The number of aromatic nitrogens is 2. The maximum absolute atomic E-state index is 13.5. The van der Waals surface area contributed by atoms with Crippen molar-refractivity contribution in [3.8, 4) is 11.5 Å². The van der Waals surface area contributed by atoms with Crippen molar-refractivity contribution in [2.45, 2.75) is 6.42 Å². The van der Waals surface area contributed by atoms with Gasteiger partial charge in [0.05, 0.1) is 10.9 Å². The molecule has 3 aromatic rings. The summed E-state index contributed by atoms with van der Waals surface area (Å²) in [6.45, 7) is 0.511. The first kappa shape index (κ1) is 17.0. The molecule has 0 radical (unpaired) electrons. The summed E-state index contributed by atoms with van der Waals surface area (Å²) in [5.74, 6) is 0.229. The number of rotatable bonds is 4. The lowest BCUT2D eigenvalue weighted by atomic mass is 10.1. The molecule has 8 heteroatoms. The lowest BCUT2D eigenvalue weighted by Crippen LogP contribution is -2.33. The van der Waals surface area contributed by atoms with Crippen LogP contribution in [0.25, 0.3) is 10.9 Å². The van der Waals surface area contributed by atoms with Crippen molar-refractivity contribution in [3.05, 3.63) is 63.7 Å². The number of halogens is 1. The summed E-state index contributed by atoms with van der Waals surface area (Å²) in [4.78, 5) is 24.9. The number of benzene rings is 2. The molecule has 1 aliphatic rings. The van der Waals surface area contributed by atoms with E-state index in [1.807, 2.05) is 18.2 Å². The van der Waals surface area contributed by atoms with Crippen LogP contribution in [0.4, 0.5) is 4.39 Å². The predicted molar refractivity (Wildman–Crippen MR) is 95.5 cm³/mol. The van der Waals surface area contributed by atoms with Gasteiger partial charge < -0.3 is 14.8 Å². The second-order valence-corrected chi connectivity index (χ2v) is 6.16. The van der Waals surface area contributed by atoms with E-state index in [1.54, 1.807) is 7.05 Å². The van der Waals surface area contributed by atoms with Gasteiger partial charge in [-0.05, 0) is 42.3 Å². The number of carbonyl (C=O) groups excluding carboxylic acids is 1. The molecule has 0 unspecified atom stereocenters. The Balaban J connectivity index is 1.50. The average molecular weight is 369 g/mol. The fraction of sp³-hybridized carbons (Fsp3) is 0.211. The zero-order valence-corrected chi connectivity index (χ0v) is 14.5. The lowest BCUT2D eigenvalue weighted by Gasteiger charge is -2.09. The smallest absolute Gasteiger partial charge is 0.275 e. The number of nitrogens with zero attached hydrogens (tertiary/aromatic N) is 2. The topological polar surface area (TPSA) is 82.5 Å². The van der Waals surface area contributed by atoms with Crippen molar-refractivity contribution in [3.63, 3.8) is 0 Å². The Labute approximate surface area is 153 Å². The van der Waals surface area contributed by atoms with Crippen molar-refractivity contribution in [2.24, 2.45) is 7.05 Å². The van der Waals surface area contributed by atoms with Gasteiger partial charge in [0, 0.05) is 13.6 Å². The fourth-order valence-corrected chi connectivity index (χ4v) is 3.00.